The van der Waals surface area contributed by atoms with Gasteiger partial charge in [0.1, 0.15) is 12.2 Å². The minimum Gasteiger partial charge on any atom is -0.343 e. The highest BCUT2D eigenvalue weighted by Gasteiger charge is 2.40. The van der Waals surface area contributed by atoms with Gasteiger partial charge < -0.3 is 10.2 Å². The van der Waals surface area contributed by atoms with Crippen LogP contribution < -0.4 is 10.6 Å². The molecule has 8 nitrogen and oxygen atoms in total. The number of aromatic nitrogens is 1. The van der Waals surface area contributed by atoms with Gasteiger partial charge in [-0.25, -0.2) is 4.39 Å². The van der Waals surface area contributed by atoms with E-state index in [9.17, 15) is 23.6 Å². The summed E-state index contributed by atoms with van der Waals surface area (Å²) in [6, 6.07) is 6.99. The molecular weight excluding hydrogens is 463 g/mol. The number of nitrogens with one attached hydrogen (secondary N) is 2. The number of piperidine rings is 1. The molecular formula is C24H22ClFN4O4. The number of alkyl halides is 1. The van der Waals surface area contributed by atoms with E-state index in [-0.39, 0.29) is 43.0 Å². The monoisotopic (exact) mass is 484 g/mol. The number of imide groups is 1. The topological polar surface area (TPSA) is 108 Å². The van der Waals surface area contributed by atoms with Crippen molar-refractivity contribution in [2.75, 3.05) is 0 Å². The van der Waals surface area contributed by atoms with Gasteiger partial charge in [0.2, 0.25) is 11.8 Å². The predicted octanol–water partition coefficient (Wildman–Crippen LogP) is 2.72. The summed E-state index contributed by atoms with van der Waals surface area (Å²) in [5.41, 5.74) is 2.02. The lowest BCUT2D eigenvalue weighted by Gasteiger charge is -2.36. The molecule has 0 radical (unpaired) electrons. The summed E-state index contributed by atoms with van der Waals surface area (Å²) in [4.78, 5) is 55.4. The third kappa shape index (κ3) is 4.16. The molecule has 10 heteroatoms. The van der Waals surface area contributed by atoms with Crippen LogP contribution in [0, 0.1) is 5.92 Å². The molecule has 0 unspecified atom stereocenters. The van der Waals surface area contributed by atoms with Crippen LogP contribution in [0.25, 0.3) is 0 Å². The standard InChI is InChI=1S/C24H22ClFN4O4/c25-15-2-4-18(27-10-15)21(13-8-16(26)9-13)29-22(32)12-1-3-17-14(7-12)11-30(24(17)34)19-5-6-20(31)28-23(19)33/h1-4,7,10,13,16,19,21H,5-6,8-9,11H2,(H,29,32)(H,28,31,33)/t13?,16?,19-,21-/m0/s1. The van der Waals surface area contributed by atoms with Crippen LogP contribution in [0.2, 0.25) is 5.02 Å². The van der Waals surface area contributed by atoms with E-state index in [0.29, 0.717) is 40.2 Å². The van der Waals surface area contributed by atoms with Crippen molar-refractivity contribution in [1.82, 2.24) is 20.5 Å². The molecule has 5 rings (SSSR count). The van der Waals surface area contributed by atoms with Gasteiger partial charge in [0.15, 0.2) is 0 Å². The minimum absolute atomic E-state index is 0.0772. The Kier molecular flexibility index (Phi) is 5.81. The van der Waals surface area contributed by atoms with Gasteiger partial charge in [0.05, 0.1) is 16.8 Å². The fourth-order valence-electron chi connectivity index (χ4n) is 4.80. The fraction of sp³-hybridized carbons (Fsp3) is 0.375. The highest BCUT2D eigenvalue weighted by molar-refractivity contribution is 6.30. The molecule has 2 fully saturated rings. The van der Waals surface area contributed by atoms with Crippen molar-refractivity contribution >= 4 is 35.2 Å². The average Bonchev–Trinajstić information content (AvgIpc) is 3.11. The predicted molar refractivity (Wildman–Crippen MR) is 120 cm³/mol. The first-order chi connectivity index (χ1) is 16.3. The van der Waals surface area contributed by atoms with Gasteiger partial charge in [-0.05, 0) is 61.1 Å². The average molecular weight is 485 g/mol. The number of hydrogen-bond donors (Lipinski definition) is 2. The van der Waals surface area contributed by atoms with Crippen LogP contribution in [0.3, 0.4) is 0 Å². The first-order valence-corrected chi connectivity index (χ1v) is 11.5. The Morgan fingerprint density at radius 3 is 2.68 bits per heavy atom. The maximum absolute atomic E-state index is 13.6. The molecule has 2 atom stereocenters. The number of hydrogen-bond acceptors (Lipinski definition) is 5. The first kappa shape index (κ1) is 22.5. The van der Waals surface area contributed by atoms with Crippen molar-refractivity contribution in [1.29, 1.82) is 0 Å². The van der Waals surface area contributed by atoms with Crippen molar-refractivity contribution < 1.29 is 23.6 Å². The van der Waals surface area contributed by atoms with Gasteiger partial charge in [-0.3, -0.25) is 29.5 Å². The van der Waals surface area contributed by atoms with E-state index in [1.54, 1.807) is 30.3 Å². The second kappa shape index (κ2) is 8.79. The summed E-state index contributed by atoms with van der Waals surface area (Å²) < 4.78 is 13.6. The summed E-state index contributed by atoms with van der Waals surface area (Å²) >= 11 is 5.94. The summed E-state index contributed by atoms with van der Waals surface area (Å²) in [6.45, 7) is 0.176. The molecule has 0 bridgehead atoms. The van der Waals surface area contributed by atoms with Crippen LogP contribution in [0.5, 0.6) is 0 Å². The van der Waals surface area contributed by atoms with E-state index in [2.05, 4.69) is 15.6 Å². The highest BCUT2D eigenvalue weighted by atomic mass is 35.5. The molecule has 34 heavy (non-hydrogen) atoms. The lowest BCUT2D eigenvalue weighted by atomic mass is 9.77. The maximum Gasteiger partial charge on any atom is 0.255 e. The van der Waals surface area contributed by atoms with Gasteiger partial charge in [-0.1, -0.05) is 11.6 Å². The van der Waals surface area contributed by atoms with E-state index in [1.807, 2.05) is 0 Å². The number of fused-ring (bicyclic) bond motifs is 1. The molecule has 0 spiro atoms. The number of pyridine rings is 1. The van der Waals surface area contributed by atoms with Crippen molar-refractivity contribution in [2.24, 2.45) is 5.92 Å². The van der Waals surface area contributed by atoms with E-state index >= 15 is 0 Å². The quantitative estimate of drug-likeness (QED) is 0.634. The third-order valence-electron chi connectivity index (χ3n) is 6.73. The van der Waals surface area contributed by atoms with Gasteiger partial charge in [-0.15, -0.1) is 0 Å². The molecule has 3 aliphatic rings. The number of carbonyl (C=O) groups is 4. The Morgan fingerprint density at radius 2 is 2.00 bits per heavy atom. The Bertz CT molecular complexity index is 1180. The second-order valence-electron chi connectivity index (χ2n) is 8.95. The highest BCUT2D eigenvalue weighted by Crippen LogP contribution is 2.39. The normalized spacial score (nSPS) is 24.8. The van der Waals surface area contributed by atoms with Crippen molar-refractivity contribution in [3.63, 3.8) is 0 Å². The molecule has 2 N–H and O–H groups in total. The van der Waals surface area contributed by atoms with Crippen LogP contribution in [-0.2, 0) is 16.1 Å². The molecule has 1 aliphatic carbocycles. The zero-order chi connectivity index (χ0) is 24.0. The van der Waals surface area contributed by atoms with Gasteiger partial charge >= 0.3 is 0 Å². The molecule has 1 aromatic heterocycles. The first-order valence-electron chi connectivity index (χ1n) is 11.1. The van der Waals surface area contributed by atoms with Crippen LogP contribution in [-0.4, -0.2) is 45.7 Å². The second-order valence-corrected chi connectivity index (χ2v) is 9.39. The van der Waals surface area contributed by atoms with E-state index < -0.39 is 24.2 Å². The van der Waals surface area contributed by atoms with Crippen molar-refractivity contribution in [3.05, 3.63) is 63.9 Å². The number of amides is 4. The third-order valence-corrected chi connectivity index (χ3v) is 6.95. The van der Waals surface area contributed by atoms with Crippen LogP contribution >= 0.6 is 11.6 Å². The Hall–Kier alpha value is -3.33. The molecule has 176 valence electrons. The molecule has 3 heterocycles. The Labute approximate surface area is 199 Å². The van der Waals surface area contributed by atoms with E-state index in [1.165, 1.54) is 11.1 Å². The van der Waals surface area contributed by atoms with E-state index in [0.717, 1.165) is 0 Å². The molecule has 2 aliphatic heterocycles. The van der Waals surface area contributed by atoms with Crippen LogP contribution in [0.15, 0.2) is 36.5 Å². The number of carbonyl (C=O) groups excluding carboxylic acids is 4. The number of halogens is 2. The molecule has 2 aromatic rings. The summed E-state index contributed by atoms with van der Waals surface area (Å²) in [6.07, 6.45) is 1.73. The lowest BCUT2D eigenvalue weighted by Crippen LogP contribution is -2.52. The largest absolute Gasteiger partial charge is 0.343 e. The molecule has 1 aromatic carbocycles. The summed E-state index contributed by atoms with van der Waals surface area (Å²) in [5.74, 6) is -1.58. The minimum atomic E-state index is -0.888. The SMILES string of the molecule is O=C1CC[C@H](N2Cc3cc(C(=O)N[C@H](c4ccc(Cl)cn4)C4CC(F)C4)ccc3C2=O)C(=O)N1. The number of rotatable bonds is 5. The van der Waals surface area contributed by atoms with Gasteiger partial charge in [-0.2, -0.15) is 0 Å². The lowest BCUT2D eigenvalue weighted by molar-refractivity contribution is -0.136. The van der Waals surface area contributed by atoms with Crippen LogP contribution in [0.4, 0.5) is 4.39 Å². The summed E-state index contributed by atoms with van der Waals surface area (Å²) in [5, 5.41) is 5.71. The Balaban J connectivity index is 1.34. The van der Waals surface area contributed by atoms with Crippen molar-refractivity contribution in [3.8, 4) is 0 Å². The molecule has 1 saturated carbocycles. The summed E-state index contributed by atoms with van der Waals surface area (Å²) in [7, 11) is 0. The smallest absolute Gasteiger partial charge is 0.255 e. The fourth-order valence-corrected chi connectivity index (χ4v) is 4.92. The zero-order valence-electron chi connectivity index (χ0n) is 18.1. The van der Waals surface area contributed by atoms with E-state index in [4.69, 9.17) is 11.6 Å². The van der Waals surface area contributed by atoms with Crippen LogP contribution in [0.1, 0.15) is 63.7 Å². The molecule has 4 amide bonds. The number of benzene rings is 1. The van der Waals surface area contributed by atoms with Gasteiger partial charge in [0, 0.05) is 30.3 Å². The number of nitrogens with zero attached hydrogens (tertiary/aromatic N) is 2. The Morgan fingerprint density at radius 1 is 1.21 bits per heavy atom. The molecule has 1 saturated heterocycles. The zero-order valence-corrected chi connectivity index (χ0v) is 18.8. The maximum atomic E-state index is 13.6. The van der Waals surface area contributed by atoms with Gasteiger partial charge in [0.25, 0.3) is 11.8 Å². The van der Waals surface area contributed by atoms with Crippen molar-refractivity contribution in [2.45, 2.75) is 50.5 Å².